The molecule has 0 aliphatic heterocycles. The Morgan fingerprint density at radius 2 is 1.74 bits per heavy atom. The number of hydrogen-bond donors (Lipinski definition) is 2. The molecule has 0 fully saturated rings. The number of para-hydroxylation sites is 1. The van der Waals surface area contributed by atoms with Crippen LogP contribution in [0.15, 0.2) is 57.7 Å². The third kappa shape index (κ3) is 1.93. The molecule has 1 heterocycles. The lowest BCUT2D eigenvalue weighted by Crippen LogP contribution is -1.99. The minimum atomic E-state index is -0.177. The molecule has 2 N–H and O–H groups in total. The highest BCUT2D eigenvalue weighted by Crippen LogP contribution is 2.32. The molecule has 2 aromatic carbocycles. The molecule has 94 valence electrons. The van der Waals surface area contributed by atoms with E-state index in [2.05, 4.69) is 0 Å². The van der Waals surface area contributed by atoms with Crippen molar-refractivity contribution in [2.24, 2.45) is 0 Å². The standard InChI is InChI=1S/C15H10O4/c16-9-5-6-11(12(17)7-9)15-8-13(18)10-3-1-2-4-14(10)19-15/h1-8,16-17H. The minimum Gasteiger partial charge on any atom is -0.508 e. The fourth-order valence-electron chi connectivity index (χ4n) is 1.97. The van der Waals surface area contributed by atoms with Crippen LogP contribution in [-0.2, 0) is 0 Å². The van der Waals surface area contributed by atoms with Gasteiger partial charge < -0.3 is 14.6 Å². The molecule has 0 atom stereocenters. The van der Waals surface area contributed by atoms with Crippen LogP contribution in [0.2, 0.25) is 0 Å². The molecule has 0 saturated heterocycles. The van der Waals surface area contributed by atoms with Gasteiger partial charge in [0.15, 0.2) is 5.43 Å². The minimum absolute atomic E-state index is 0.0515. The van der Waals surface area contributed by atoms with E-state index < -0.39 is 0 Å². The molecule has 0 aliphatic rings. The van der Waals surface area contributed by atoms with Gasteiger partial charge in [0.05, 0.1) is 10.9 Å². The Kier molecular flexibility index (Phi) is 2.49. The number of benzene rings is 2. The molecule has 3 aromatic rings. The van der Waals surface area contributed by atoms with Crippen LogP contribution in [0.5, 0.6) is 11.5 Å². The lowest BCUT2D eigenvalue weighted by atomic mass is 10.1. The average molecular weight is 254 g/mol. The lowest BCUT2D eigenvalue weighted by molar-refractivity contribution is 0.450. The van der Waals surface area contributed by atoms with Crippen molar-refractivity contribution in [1.82, 2.24) is 0 Å². The van der Waals surface area contributed by atoms with Gasteiger partial charge in [0.2, 0.25) is 0 Å². The fourth-order valence-corrected chi connectivity index (χ4v) is 1.97. The highest BCUT2D eigenvalue weighted by molar-refractivity contribution is 5.79. The molecular weight excluding hydrogens is 244 g/mol. The summed E-state index contributed by atoms with van der Waals surface area (Å²) in [6.45, 7) is 0. The summed E-state index contributed by atoms with van der Waals surface area (Å²) >= 11 is 0. The molecule has 1 aromatic heterocycles. The van der Waals surface area contributed by atoms with Gasteiger partial charge in [-0.25, -0.2) is 0 Å². The highest BCUT2D eigenvalue weighted by Gasteiger charge is 2.10. The van der Waals surface area contributed by atoms with E-state index in [4.69, 9.17) is 4.42 Å². The van der Waals surface area contributed by atoms with E-state index in [1.165, 1.54) is 24.3 Å². The third-order valence-corrected chi connectivity index (χ3v) is 2.88. The van der Waals surface area contributed by atoms with Gasteiger partial charge in [0, 0.05) is 12.1 Å². The summed E-state index contributed by atoms with van der Waals surface area (Å²) in [5.41, 5.74) is 0.641. The van der Waals surface area contributed by atoms with E-state index in [9.17, 15) is 15.0 Å². The Labute approximate surface area is 108 Å². The van der Waals surface area contributed by atoms with E-state index in [-0.39, 0.29) is 22.7 Å². The summed E-state index contributed by atoms with van der Waals surface area (Å²) in [4.78, 5) is 12.0. The van der Waals surface area contributed by atoms with Gasteiger partial charge in [-0.1, -0.05) is 12.1 Å². The van der Waals surface area contributed by atoms with Gasteiger partial charge >= 0.3 is 0 Å². The molecule has 0 amide bonds. The van der Waals surface area contributed by atoms with Crippen LogP contribution >= 0.6 is 0 Å². The van der Waals surface area contributed by atoms with E-state index in [0.29, 0.717) is 16.5 Å². The van der Waals surface area contributed by atoms with Crippen LogP contribution in [0, 0.1) is 0 Å². The quantitative estimate of drug-likeness (QED) is 0.700. The van der Waals surface area contributed by atoms with Gasteiger partial charge in [-0.15, -0.1) is 0 Å². The van der Waals surface area contributed by atoms with Crippen LogP contribution in [0.3, 0.4) is 0 Å². The summed E-state index contributed by atoms with van der Waals surface area (Å²) < 4.78 is 5.61. The maximum absolute atomic E-state index is 12.0. The number of hydrogen-bond acceptors (Lipinski definition) is 4. The summed E-state index contributed by atoms with van der Waals surface area (Å²) in [5.74, 6) is 0.0732. The molecule has 4 nitrogen and oxygen atoms in total. The molecular formula is C15H10O4. The predicted molar refractivity (Wildman–Crippen MR) is 71.2 cm³/mol. The maximum atomic E-state index is 12.0. The monoisotopic (exact) mass is 254 g/mol. The molecule has 3 rings (SSSR count). The van der Waals surface area contributed by atoms with Crippen molar-refractivity contribution in [2.45, 2.75) is 0 Å². The Bertz CT molecular complexity index is 818. The summed E-state index contributed by atoms with van der Waals surface area (Å²) in [7, 11) is 0. The van der Waals surface area contributed by atoms with Crippen molar-refractivity contribution < 1.29 is 14.6 Å². The molecule has 0 aliphatic carbocycles. The van der Waals surface area contributed by atoms with Crippen LogP contribution < -0.4 is 5.43 Å². The van der Waals surface area contributed by atoms with Crippen molar-refractivity contribution in [3.63, 3.8) is 0 Å². The number of rotatable bonds is 1. The molecule has 4 heteroatoms. The molecule has 0 spiro atoms. The highest BCUT2D eigenvalue weighted by atomic mass is 16.3. The number of aromatic hydroxyl groups is 2. The van der Waals surface area contributed by atoms with Gasteiger partial charge in [0.1, 0.15) is 22.8 Å². The number of phenolic OH excluding ortho intramolecular Hbond substituents is 2. The van der Waals surface area contributed by atoms with Crippen LogP contribution in [0.25, 0.3) is 22.3 Å². The van der Waals surface area contributed by atoms with Gasteiger partial charge in [-0.2, -0.15) is 0 Å². The van der Waals surface area contributed by atoms with E-state index in [1.54, 1.807) is 24.3 Å². The van der Waals surface area contributed by atoms with Gasteiger partial charge in [-0.3, -0.25) is 4.79 Å². The molecule has 0 bridgehead atoms. The van der Waals surface area contributed by atoms with E-state index >= 15 is 0 Å². The zero-order valence-corrected chi connectivity index (χ0v) is 9.83. The Morgan fingerprint density at radius 3 is 2.53 bits per heavy atom. The first-order chi connectivity index (χ1) is 9.15. The molecule has 0 saturated carbocycles. The van der Waals surface area contributed by atoms with Gasteiger partial charge in [0.25, 0.3) is 0 Å². The van der Waals surface area contributed by atoms with Crippen LogP contribution in [-0.4, -0.2) is 10.2 Å². The van der Waals surface area contributed by atoms with Crippen LogP contribution in [0.4, 0.5) is 0 Å². The van der Waals surface area contributed by atoms with Crippen LogP contribution in [0.1, 0.15) is 0 Å². The van der Waals surface area contributed by atoms with Crippen molar-refractivity contribution in [3.8, 4) is 22.8 Å². The van der Waals surface area contributed by atoms with Crippen molar-refractivity contribution in [1.29, 1.82) is 0 Å². The summed E-state index contributed by atoms with van der Waals surface area (Å²) in [6.07, 6.45) is 0. The average Bonchev–Trinajstić information content (AvgIpc) is 2.38. The van der Waals surface area contributed by atoms with E-state index in [1.807, 2.05) is 0 Å². The smallest absolute Gasteiger partial charge is 0.193 e. The normalized spacial score (nSPS) is 10.7. The molecule has 0 radical (unpaired) electrons. The Hall–Kier alpha value is -2.75. The zero-order chi connectivity index (χ0) is 13.4. The van der Waals surface area contributed by atoms with Crippen molar-refractivity contribution in [2.75, 3.05) is 0 Å². The number of fused-ring (bicyclic) bond motifs is 1. The fraction of sp³-hybridized carbons (Fsp3) is 0. The van der Waals surface area contributed by atoms with Gasteiger partial charge in [-0.05, 0) is 24.3 Å². The molecule has 0 unspecified atom stereocenters. The predicted octanol–water partition coefficient (Wildman–Crippen LogP) is 2.87. The largest absolute Gasteiger partial charge is 0.508 e. The number of phenols is 2. The van der Waals surface area contributed by atoms with E-state index in [0.717, 1.165) is 0 Å². The first kappa shape index (κ1) is 11.3. The maximum Gasteiger partial charge on any atom is 0.193 e. The zero-order valence-electron chi connectivity index (χ0n) is 9.83. The first-order valence-corrected chi connectivity index (χ1v) is 5.70. The second kappa shape index (κ2) is 4.17. The Morgan fingerprint density at radius 1 is 0.947 bits per heavy atom. The third-order valence-electron chi connectivity index (χ3n) is 2.88. The topological polar surface area (TPSA) is 70.7 Å². The lowest BCUT2D eigenvalue weighted by Gasteiger charge is -2.05. The summed E-state index contributed by atoms with van der Waals surface area (Å²) in [6, 6.07) is 12.4. The second-order valence-corrected chi connectivity index (χ2v) is 4.17. The summed E-state index contributed by atoms with van der Waals surface area (Å²) in [5, 5.41) is 19.5. The van der Waals surface area contributed by atoms with Crippen molar-refractivity contribution in [3.05, 3.63) is 58.8 Å². The second-order valence-electron chi connectivity index (χ2n) is 4.17. The molecule has 19 heavy (non-hydrogen) atoms. The first-order valence-electron chi connectivity index (χ1n) is 5.70. The van der Waals surface area contributed by atoms with Crippen molar-refractivity contribution >= 4 is 11.0 Å². The Balaban J connectivity index is 2.28. The SMILES string of the molecule is O=c1cc(-c2ccc(O)cc2O)oc2ccccc12.